The van der Waals surface area contributed by atoms with E-state index in [0.717, 1.165) is 19.6 Å². The highest BCUT2D eigenvalue weighted by atomic mass is 16.6. The first kappa shape index (κ1) is 45.9. The Kier molecular flexibility index (Phi) is 37.6. The molecule has 0 amide bonds. The molecule has 3 nitrogen and oxygen atoms in total. The highest BCUT2D eigenvalue weighted by Crippen LogP contribution is 2.16. The van der Waals surface area contributed by atoms with Crippen LogP contribution >= 0.6 is 0 Å². The van der Waals surface area contributed by atoms with E-state index in [1.807, 2.05) is 0 Å². The molecule has 0 rings (SSSR count). The van der Waals surface area contributed by atoms with E-state index < -0.39 is 0 Å². The molecule has 1 atom stereocenters. The molecule has 46 heavy (non-hydrogen) atoms. The van der Waals surface area contributed by atoms with Crippen LogP contribution in [0.25, 0.3) is 0 Å². The molecule has 0 saturated carbocycles. The van der Waals surface area contributed by atoms with Crippen molar-refractivity contribution in [3.05, 3.63) is 0 Å². The van der Waals surface area contributed by atoms with Crippen molar-refractivity contribution < 1.29 is 14.2 Å². The summed E-state index contributed by atoms with van der Waals surface area (Å²) < 4.78 is 18.4. The molecule has 0 aromatic rings. The van der Waals surface area contributed by atoms with Gasteiger partial charge in [-0.25, -0.2) is 0 Å². The largest absolute Gasteiger partial charge is 0.379 e. The topological polar surface area (TPSA) is 27.7 Å². The Balaban J connectivity index is 3.61. The number of rotatable bonds is 39. The second kappa shape index (κ2) is 37.7. The van der Waals surface area contributed by atoms with Crippen molar-refractivity contribution >= 4 is 0 Å². The van der Waals surface area contributed by atoms with Gasteiger partial charge in [-0.3, -0.25) is 0 Å². The zero-order chi connectivity index (χ0) is 33.7. The molecule has 0 bridgehead atoms. The van der Waals surface area contributed by atoms with Gasteiger partial charge in [-0.15, -0.1) is 0 Å². The first-order valence-corrected chi connectivity index (χ1v) is 21.3. The van der Waals surface area contributed by atoms with Crippen molar-refractivity contribution in [3.8, 4) is 0 Å². The van der Waals surface area contributed by atoms with E-state index in [9.17, 15) is 0 Å². The van der Waals surface area contributed by atoms with Crippen molar-refractivity contribution in [2.45, 2.75) is 252 Å². The zero-order valence-electron chi connectivity index (χ0n) is 32.8. The summed E-state index contributed by atoms with van der Waals surface area (Å²) >= 11 is 0. The van der Waals surface area contributed by atoms with E-state index in [2.05, 4.69) is 34.6 Å². The van der Waals surface area contributed by atoms with Crippen LogP contribution in [0.4, 0.5) is 0 Å². The van der Waals surface area contributed by atoms with Crippen LogP contribution in [0.1, 0.15) is 240 Å². The van der Waals surface area contributed by atoms with Crippen LogP contribution < -0.4 is 0 Å². The van der Waals surface area contributed by atoms with Gasteiger partial charge in [-0.1, -0.05) is 206 Å². The quantitative estimate of drug-likeness (QED) is 0.0618. The van der Waals surface area contributed by atoms with Crippen molar-refractivity contribution in [3.63, 3.8) is 0 Å². The van der Waals surface area contributed by atoms with Crippen LogP contribution in [0.3, 0.4) is 0 Å². The summed E-state index contributed by atoms with van der Waals surface area (Å²) in [7, 11) is 0. The Morgan fingerprint density at radius 1 is 0.348 bits per heavy atom. The number of unbranched alkanes of at least 4 members (excludes halogenated alkanes) is 30. The fourth-order valence-corrected chi connectivity index (χ4v) is 6.35. The van der Waals surface area contributed by atoms with Crippen molar-refractivity contribution in [2.75, 3.05) is 26.4 Å². The smallest absolute Gasteiger partial charge is 0.104 e. The molecule has 0 aliphatic carbocycles. The first-order valence-electron chi connectivity index (χ1n) is 21.3. The standard InChI is InChI=1S/C43H88O3/c1-6-8-10-12-14-16-18-20-22-24-26-28-30-32-34-36-38-44-40-42(41-46-43(3,4)5)45-39-37-35-33-31-29-27-25-23-21-19-17-15-13-11-9-7-2/h42H,6-41H2,1-5H3/t42-/m1/s1. The van der Waals surface area contributed by atoms with Crippen LogP contribution in [0.2, 0.25) is 0 Å². The third kappa shape index (κ3) is 40.1. The summed E-state index contributed by atoms with van der Waals surface area (Å²) in [6.07, 6.45) is 44.9. The van der Waals surface area contributed by atoms with E-state index in [1.165, 1.54) is 199 Å². The Morgan fingerprint density at radius 2 is 0.630 bits per heavy atom. The van der Waals surface area contributed by atoms with Gasteiger partial charge < -0.3 is 14.2 Å². The van der Waals surface area contributed by atoms with Gasteiger partial charge in [0, 0.05) is 13.2 Å². The second-order valence-corrected chi connectivity index (χ2v) is 15.6. The van der Waals surface area contributed by atoms with Gasteiger partial charge in [0.05, 0.1) is 18.8 Å². The van der Waals surface area contributed by atoms with E-state index in [1.54, 1.807) is 0 Å². The van der Waals surface area contributed by atoms with Crippen LogP contribution in [0, 0.1) is 0 Å². The molecule has 0 heterocycles. The molecule has 0 aliphatic heterocycles. The summed E-state index contributed by atoms with van der Waals surface area (Å²) in [5.74, 6) is 0. The average Bonchev–Trinajstić information content (AvgIpc) is 3.03. The predicted octanol–water partition coefficient (Wildman–Crippen LogP) is 14.7. The zero-order valence-corrected chi connectivity index (χ0v) is 32.8. The Hall–Kier alpha value is -0.120. The highest BCUT2D eigenvalue weighted by Gasteiger charge is 2.16. The van der Waals surface area contributed by atoms with Gasteiger partial charge in [-0.05, 0) is 33.6 Å². The third-order valence-electron chi connectivity index (χ3n) is 9.50. The summed E-state index contributed by atoms with van der Waals surface area (Å²) in [5, 5.41) is 0. The van der Waals surface area contributed by atoms with Gasteiger partial charge in [-0.2, -0.15) is 0 Å². The van der Waals surface area contributed by atoms with Crippen LogP contribution in [-0.2, 0) is 14.2 Å². The molecule has 0 aromatic heterocycles. The lowest BCUT2D eigenvalue weighted by molar-refractivity contribution is -0.0974. The summed E-state index contributed by atoms with van der Waals surface area (Å²) in [5.41, 5.74) is -0.135. The van der Waals surface area contributed by atoms with Gasteiger partial charge in [0.1, 0.15) is 6.10 Å². The molecule has 0 fully saturated rings. The maximum absolute atomic E-state index is 6.24. The van der Waals surface area contributed by atoms with Crippen molar-refractivity contribution in [2.24, 2.45) is 0 Å². The molecule has 0 aromatic carbocycles. The SMILES string of the molecule is CCCCCCCCCCCCCCCCCCOC[C@H](COC(C)(C)C)OCCCCCCCCCCCCCCCCCC. The molecule has 0 unspecified atom stereocenters. The fourth-order valence-electron chi connectivity index (χ4n) is 6.35. The predicted molar refractivity (Wildman–Crippen MR) is 205 cm³/mol. The lowest BCUT2D eigenvalue weighted by Gasteiger charge is -2.24. The Morgan fingerprint density at radius 3 is 0.935 bits per heavy atom. The van der Waals surface area contributed by atoms with E-state index in [-0.39, 0.29) is 11.7 Å². The third-order valence-corrected chi connectivity index (χ3v) is 9.50. The Bertz CT molecular complexity index is 543. The monoisotopic (exact) mass is 653 g/mol. The Labute approximate surface area is 291 Å². The second-order valence-electron chi connectivity index (χ2n) is 15.6. The van der Waals surface area contributed by atoms with Gasteiger partial charge in [0.25, 0.3) is 0 Å². The van der Waals surface area contributed by atoms with E-state index >= 15 is 0 Å². The molecule has 0 radical (unpaired) electrons. The van der Waals surface area contributed by atoms with Crippen LogP contribution in [0.5, 0.6) is 0 Å². The number of hydrogen-bond acceptors (Lipinski definition) is 3. The first-order chi connectivity index (χ1) is 22.5. The lowest BCUT2D eigenvalue weighted by atomic mass is 10.0. The molecule has 0 aliphatic rings. The van der Waals surface area contributed by atoms with Crippen LogP contribution in [-0.4, -0.2) is 38.1 Å². The molecular formula is C43H88O3. The summed E-state index contributed by atoms with van der Waals surface area (Å²) in [6, 6.07) is 0. The van der Waals surface area contributed by atoms with Crippen molar-refractivity contribution in [1.82, 2.24) is 0 Å². The lowest BCUT2D eigenvalue weighted by Crippen LogP contribution is -2.31. The van der Waals surface area contributed by atoms with E-state index in [4.69, 9.17) is 14.2 Å². The number of hydrogen-bond donors (Lipinski definition) is 0. The molecule has 278 valence electrons. The molecular weight excluding hydrogens is 564 g/mol. The summed E-state index contributed by atoms with van der Waals surface area (Å²) in [6.45, 7) is 13.9. The van der Waals surface area contributed by atoms with Gasteiger partial charge >= 0.3 is 0 Å². The normalized spacial score (nSPS) is 12.7. The maximum atomic E-state index is 6.24. The molecule has 0 saturated heterocycles. The number of ether oxygens (including phenoxy) is 3. The fraction of sp³-hybridized carbons (Fsp3) is 1.00. The molecule has 0 N–H and O–H groups in total. The van der Waals surface area contributed by atoms with Gasteiger partial charge in [0.2, 0.25) is 0 Å². The van der Waals surface area contributed by atoms with Crippen molar-refractivity contribution in [1.29, 1.82) is 0 Å². The van der Waals surface area contributed by atoms with Gasteiger partial charge in [0.15, 0.2) is 0 Å². The highest BCUT2D eigenvalue weighted by molar-refractivity contribution is 4.64. The molecule has 3 heteroatoms. The van der Waals surface area contributed by atoms with E-state index in [0.29, 0.717) is 13.2 Å². The minimum absolute atomic E-state index is 0.0524. The minimum Gasteiger partial charge on any atom is -0.379 e. The minimum atomic E-state index is -0.135. The van der Waals surface area contributed by atoms with Crippen LogP contribution in [0.15, 0.2) is 0 Å². The molecule has 0 spiro atoms. The average molecular weight is 653 g/mol. The summed E-state index contributed by atoms with van der Waals surface area (Å²) in [4.78, 5) is 0. The maximum Gasteiger partial charge on any atom is 0.104 e.